The first-order valence-electron chi connectivity index (χ1n) is 11.6. The molecular weight excluding hydrogens is 501 g/mol. The van der Waals surface area contributed by atoms with Crippen molar-refractivity contribution in [1.82, 2.24) is 19.4 Å². The van der Waals surface area contributed by atoms with E-state index in [-0.39, 0.29) is 18.5 Å². The molecule has 1 aromatic carbocycles. The summed E-state index contributed by atoms with van der Waals surface area (Å²) in [5, 5.41) is 16.3. The second-order valence-corrected chi connectivity index (χ2v) is 10.2. The van der Waals surface area contributed by atoms with Gasteiger partial charge in [-0.3, -0.25) is 4.90 Å². The molecule has 3 aromatic heterocycles. The third-order valence-electron chi connectivity index (χ3n) is 6.37. The number of nitrogens with one attached hydrogen (secondary N) is 1. The maximum Gasteiger partial charge on any atom is 0.188 e. The minimum atomic E-state index is -0.308. The smallest absolute Gasteiger partial charge is 0.188 e. The van der Waals surface area contributed by atoms with Crippen molar-refractivity contribution in [3.8, 4) is 11.1 Å². The minimum Gasteiger partial charge on any atom is -0.392 e. The van der Waals surface area contributed by atoms with Crippen LogP contribution in [0.1, 0.15) is 22.5 Å². The molecule has 0 fully saturated rings. The summed E-state index contributed by atoms with van der Waals surface area (Å²) < 4.78 is 21.7. The van der Waals surface area contributed by atoms with Gasteiger partial charge >= 0.3 is 0 Å². The number of benzene rings is 1. The van der Waals surface area contributed by atoms with Crippen molar-refractivity contribution >= 4 is 33.9 Å². The van der Waals surface area contributed by atoms with E-state index in [1.165, 1.54) is 23.5 Å². The predicted octanol–water partition coefficient (Wildman–Crippen LogP) is 5.37. The molecule has 0 saturated heterocycles. The summed E-state index contributed by atoms with van der Waals surface area (Å²) in [7, 11) is 1.69. The molecule has 1 atom stereocenters. The summed E-state index contributed by atoms with van der Waals surface area (Å²) in [6.45, 7) is 4.25. The number of aryl methyl sites for hydroxylation is 1. The van der Waals surface area contributed by atoms with E-state index < -0.39 is 0 Å². The Morgan fingerprint density at radius 2 is 2.14 bits per heavy atom. The maximum atomic E-state index is 14.0. The van der Waals surface area contributed by atoms with Crippen LogP contribution in [0.5, 0.6) is 0 Å². The highest BCUT2D eigenvalue weighted by Gasteiger charge is 2.28. The first-order valence-corrected chi connectivity index (χ1v) is 12.8. The van der Waals surface area contributed by atoms with Crippen molar-refractivity contribution in [2.75, 3.05) is 19.0 Å². The molecule has 36 heavy (non-hydrogen) atoms. The van der Waals surface area contributed by atoms with Gasteiger partial charge in [0, 0.05) is 61.3 Å². The Balaban J connectivity index is 1.42. The monoisotopic (exact) mass is 527 g/mol. The first-order chi connectivity index (χ1) is 17.4. The number of hydrogen-bond donors (Lipinski definition) is 2. The number of halogens is 2. The van der Waals surface area contributed by atoms with Gasteiger partial charge in [0.15, 0.2) is 5.13 Å². The number of anilines is 2. The van der Waals surface area contributed by atoms with Crippen molar-refractivity contribution in [3.05, 3.63) is 81.5 Å². The van der Waals surface area contributed by atoms with Gasteiger partial charge in [-0.15, -0.1) is 11.3 Å². The molecule has 188 valence electrons. The number of aliphatic hydroxyl groups is 1. The van der Waals surface area contributed by atoms with Crippen LogP contribution in [-0.4, -0.2) is 44.3 Å². The zero-order valence-corrected chi connectivity index (χ0v) is 21.6. The highest BCUT2D eigenvalue weighted by molar-refractivity contribution is 7.13. The molecule has 4 heterocycles. The number of hydrogen-bond acceptors (Lipinski definition) is 7. The van der Waals surface area contributed by atoms with E-state index in [0.717, 1.165) is 45.3 Å². The first kappa shape index (κ1) is 24.9. The standard InChI is InChI=1S/C26H27ClFN5O2S/c1-16-15-36-26(30-16)31-25-7-23(24(27)8-29-25)19-6-21-11-33(22(14-35-2)12-32(21)10-19)9-18-5-20(28)4-3-17(18)13-34/h3-8,10,15,22,34H,9,11-14H2,1-2H3,(H,29,30,31)/t22-/m1/s1. The molecule has 0 spiro atoms. The number of nitrogens with zero attached hydrogens (tertiary/aromatic N) is 4. The molecular formula is C26H27ClFN5O2S. The van der Waals surface area contributed by atoms with Gasteiger partial charge < -0.3 is 19.7 Å². The summed E-state index contributed by atoms with van der Waals surface area (Å²) in [5.41, 5.74) is 5.47. The average Bonchev–Trinajstić information content (AvgIpc) is 3.46. The van der Waals surface area contributed by atoms with Crippen LogP contribution < -0.4 is 5.32 Å². The Morgan fingerprint density at radius 1 is 1.28 bits per heavy atom. The van der Waals surface area contributed by atoms with Gasteiger partial charge in [0.05, 0.1) is 30.0 Å². The molecule has 10 heteroatoms. The van der Waals surface area contributed by atoms with Crippen LogP contribution in [0.15, 0.2) is 48.1 Å². The van der Waals surface area contributed by atoms with Crippen LogP contribution in [-0.2, 0) is 31.0 Å². The van der Waals surface area contributed by atoms with Crippen molar-refractivity contribution in [1.29, 1.82) is 0 Å². The quantitative estimate of drug-likeness (QED) is 0.321. The van der Waals surface area contributed by atoms with Gasteiger partial charge in [0.25, 0.3) is 0 Å². The average molecular weight is 528 g/mol. The van der Waals surface area contributed by atoms with Crippen LogP contribution in [0, 0.1) is 12.7 Å². The Labute approximate surface area is 218 Å². The van der Waals surface area contributed by atoms with E-state index in [1.54, 1.807) is 19.4 Å². The van der Waals surface area contributed by atoms with E-state index in [9.17, 15) is 9.50 Å². The van der Waals surface area contributed by atoms with Crippen molar-refractivity contribution in [2.45, 2.75) is 39.2 Å². The summed E-state index contributed by atoms with van der Waals surface area (Å²) in [6, 6.07) is 8.69. The van der Waals surface area contributed by atoms with Crippen molar-refractivity contribution in [3.63, 3.8) is 0 Å². The van der Waals surface area contributed by atoms with E-state index in [2.05, 4.69) is 37.0 Å². The number of fused-ring (bicyclic) bond motifs is 1. The Kier molecular flexibility index (Phi) is 7.36. The number of pyridine rings is 1. The zero-order valence-electron chi connectivity index (χ0n) is 20.0. The molecule has 0 bridgehead atoms. The van der Waals surface area contributed by atoms with Gasteiger partial charge in [0.2, 0.25) is 0 Å². The predicted molar refractivity (Wildman–Crippen MR) is 140 cm³/mol. The molecule has 7 nitrogen and oxygen atoms in total. The molecule has 0 amide bonds. The summed E-state index contributed by atoms with van der Waals surface area (Å²) in [4.78, 5) is 11.1. The van der Waals surface area contributed by atoms with Gasteiger partial charge in [-0.2, -0.15) is 0 Å². The van der Waals surface area contributed by atoms with Crippen LogP contribution in [0.4, 0.5) is 15.3 Å². The largest absolute Gasteiger partial charge is 0.392 e. The zero-order chi connectivity index (χ0) is 25.2. The molecule has 0 saturated carbocycles. The summed E-state index contributed by atoms with van der Waals surface area (Å²) in [5.74, 6) is 0.368. The fourth-order valence-electron chi connectivity index (χ4n) is 4.58. The highest BCUT2D eigenvalue weighted by atomic mass is 35.5. The van der Waals surface area contributed by atoms with Gasteiger partial charge in [-0.1, -0.05) is 17.7 Å². The van der Waals surface area contributed by atoms with Crippen LogP contribution in [0.3, 0.4) is 0 Å². The second kappa shape index (κ2) is 10.7. The fraction of sp³-hybridized carbons (Fsp3) is 0.308. The SMILES string of the molecule is COC[C@H]1Cn2cc(-c3cc(Nc4nc(C)cs4)ncc3Cl)cc2CN1Cc1cc(F)ccc1CO. The lowest BCUT2D eigenvalue weighted by Gasteiger charge is -2.36. The molecule has 5 rings (SSSR count). The number of aliphatic hydroxyl groups excluding tert-OH is 1. The third kappa shape index (κ3) is 5.30. The summed E-state index contributed by atoms with van der Waals surface area (Å²) in [6.07, 6.45) is 3.76. The number of methoxy groups -OCH3 is 1. The number of aromatic nitrogens is 3. The normalized spacial score (nSPS) is 15.8. The van der Waals surface area contributed by atoms with E-state index in [1.807, 2.05) is 18.4 Å². The van der Waals surface area contributed by atoms with Gasteiger partial charge in [0.1, 0.15) is 11.6 Å². The van der Waals surface area contributed by atoms with E-state index in [0.29, 0.717) is 30.5 Å². The van der Waals surface area contributed by atoms with Gasteiger partial charge in [-0.25, -0.2) is 14.4 Å². The number of rotatable bonds is 8. The van der Waals surface area contributed by atoms with E-state index >= 15 is 0 Å². The molecule has 0 aliphatic carbocycles. The molecule has 2 N–H and O–H groups in total. The lowest BCUT2D eigenvalue weighted by atomic mass is 10.0. The molecule has 4 aromatic rings. The van der Waals surface area contributed by atoms with Crippen LogP contribution >= 0.6 is 22.9 Å². The Hall–Kier alpha value is -2.82. The number of ether oxygens (including phenoxy) is 1. The van der Waals surface area contributed by atoms with Gasteiger partial charge in [-0.05, 0) is 42.3 Å². The molecule has 1 aliphatic heterocycles. The van der Waals surface area contributed by atoms with Crippen molar-refractivity contribution in [2.24, 2.45) is 0 Å². The number of thiazole rings is 1. The summed E-state index contributed by atoms with van der Waals surface area (Å²) >= 11 is 8.09. The lowest BCUT2D eigenvalue weighted by molar-refractivity contribution is 0.0536. The fourth-order valence-corrected chi connectivity index (χ4v) is 5.49. The second-order valence-electron chi connectivity index (χ2n) is 8.93. The molecule has 0 radical (unpaired) electrons. The molecule has 0 unspecified atom stereocenters. The van der Waals surface area contributed by atoms with E-state index in [4.69, 9.17) is 16.3 Å². The Morgan fingerprint density at radius 3 is 2.89 bits per heavy atom. The van der Waals surface area contributed by atoms with Crippen LogP contribution in [0.2, 0.25) is 5.02 Å². The maximum absolute atomic E-state index is 14.0. The van der Waals surface area contributed by atoms with Crippen molar-refractivity contribution < 1.29 is 14.2 Å². The van der Waals surface area contributed by atoms with Crippen LogP contribution in [0.25, 0.3) is 11.1 Å². The Bertz CT molecular complexity index is 1370. The topological polar surface area (TPSA) is 75.4 Å². The third-order valence-corrected chi connectivity index (χ3v) is 7.54. The molecule has 1 aliphatic rings. The highest BCUT2D eigenvalue weighted by Crippen LogP contribution is 2.34. The lowest BCUT2D eigenvalue weighted by Crippen LogP contribution is -2.44. The minimum absolute atomic E-state index is 0.0934.